The maximum absolute atomic E-state index is 5.88. The van der Waals surface area contributed by atoms with Crippen LogP contribution in [-0.4, -0.2) is 48.4 Å². The first kappa shape index (κ1) is 36.7. The SMILES string of the molecule is COc1cc(OC)nc(Oc2ccccc2CNc2ccc(C)cc2)n1.COc1cc(OC)nc(Oc2ccccc2CNc2ccc(C)cc2)n1. The highest BCUT2D eigenvalue weighted by molar-refractivity contribution is 5.48. The summed E-state index contributed by atoms with van der Waals surface area (Å²) < 4.78 is 32.4. The summed E-state index contributed by atoms with van der Waals surface area (Å²) in [6, 6.07) is 35.5. The van der Waals surface area contributed by atoms with Crippen LogP contribution in [0.25, 0.3) is 0 Å². The van der Waals surface area contributed by atoms with Crippen molar-refractivity contribution >= 4 is 11.4 Å². The normalized spacial score (nSPS) is 10.3. The van der Waals surface area contributed by atoms with E-state index in [0.29, 0.717) is 48.1 Å². The van der Waals surface area contributed by atoms with Crippen LogP contribution in [0, 0.1) is 13.8 Å². The molecule has 6 rings (SSSR count). The minimum atomic E-state index is 0.170. The van der Waals surface area contributed by atoms with Crippen molar-refractivity contribution in [1.82, 2.24) is 19.9 Å². The van der Waals surface area contributed by atoms with Gasteiger partial charge in [0, 0.05) is 35.6 Å². The summed E-state index contributed by atoms with van der Waals surface area (Å²) >= 11 is 0. The van der Waals surface area contributed by atoms with Crippen molar-refractivity contribution in [3.05, 3.63) is 131 Å². The predicted octanol–water partition coefficient (Wildman–Crippen LogP) is 8.41. The zero-order chi connectivity index (χ0) is 36.7. The molecule has 0 saturated heterocycles. The molecule has 2 N–H and O–H groups in total. The molecule has 0 spiro atoms. The van der Waals surface area contributed by atoms with Gasteiger partial charge in [-0.15, -0.1) is 0 Å². The molecule has 0 unspecified atom stereocenters. The molecule has 0 fully saturated rings. The van der Waals surface area contributed by atoms with E-state index in [0.717, 1.165) is 22.5 Å². The van der Waals surface area contributed by atoms with Gasteiger partial charge in [0.15, 0.2) is 0 Å². The smallest absolute Gasteiger partial charge is 0.328 e. The summed E-state index contributed by atoms with van der Waals surface area (Å²) in [5.41, 5.74) is 6.51. The van der Waals surface area contributed by atoms with Crippen LogP contribution in [0.5, 0.6) is 47.0 Å². The molecule has 0 atom stereocenters. The first-order valence-corrected chi connectivity index (χ1v) is 16.4. The van der Waals surface area contributed by atoms with Gasteiger partial charge in [-0.1, -0.05) is 71.8 Å². The number of para-hydroxylation sites is 2. The maximum Gasteiger partial charge on any atom is 0.328 e. The number of rotatable bonds is 14. The second-order valence-electron chi connectivity index (χ2n) is 11.3. The van der Waals surface area contributed by atoms with Crippen LogP contribution in [0.1, 0.15) is 22.3 Å². The molecule has 0 amide bonds. The highest BCUT2D eigenvalue weighted by Crippen LogP contribution is 2.28. The van der Waals surface area contributed by atoms with Crippen LogP contribution in [0.2, 0.25) is 0 Å². The molecule has 0 radical (unpaired) electrons. The number of aromatic nitrogens is 4. The van der Waals surface area contributed by atoms with E-state index in [9.17, 15) is 0 Å². The van der Waals surface area contributed by atoms with Gasteiger partial charge in [0.25, 0.3) is 0 Å². The molecule has 12 nitrogen and oxygen atoms in total. The van der Waals surface area contributed by atoms with Crippen LogP contribution < -0.4 is 39.1 Å². The lowest BCUT2D eigenvalue weighted by Crippen LogP contribution is -2.03. The molecule has 268 valence electrons. The Morgan fingerprint density at radius 1 is 0.442 bits per heavy atom. The standard InChI is InChI=1S/2C20H21N3O3/c2*1-14-8-10-16(11-9-14)21-13-15-6-4-5-7-17(15)26-20-22-18(24-2)12-19(23-20)25-3/h2*4-12,21H,13H2,1-3H3. The highest BCUT2D eigenvalue weighted by Gasteiger charge is 2.12. The number of ether oxygens (including phenoxy) is 6. The molecular weight excluding hydrogens is 660 g/mol. The number of nitrogens with zero attached hydrogens (tertiary/aromatic N) is 4. The molecule has 0 bridgehead atoms. The molecule has 12 heteroatoms. The minimum absolute atomic E-state index is 0.170. The average molecular weight is 703 g/mol. The van der Waals surface area contributed by atoms with Crippen molar-refractivity contribution in [2.24, 2.45) is 0 Å². The maximum atomic E-state index is 5.88. The van der Waals surface area contributed by atoms with Gasteiger partial charge in [-0.05, 0) is 50.2 Å². The zero-order valence-corrected chi connectivity index (χ0v) is 30.0. The Hall–Kier alpha value is -6.56. The largest absolute Gasteiger partial charge is 0.481 e. The fourth-order valence-electron chi connectivity index (χ4n) is 4.71. The van der Waals surface area contributed by atoms with Gasteiger partial charge in [0.1, 0.15) is 11.5 Å². The second-order valence-corrected chi connectivity index (χ2v) is 11.3. The van der Waals surface area contributed by atoms with Crippen molar-refractivity contribution in [2.45, 2.75) is 26.9 Å². The summed E-state index contributed by atoms with van der Waals surface area (Å²) in [5.74, 6) is 2.85. The number of aryl methyl sites for hydroxylation is 2. The minimum Gasteiger partial charge on any atom is -0.481 e. The molecule has 0 aliphatic carbocycles. The van der Waals surface area contributed by atoms with Crippen molar-refractivity contribution < 1.29 is 28.4 Å². The van der Waals surface area contributed by atoms with Gasteiger partial charge in [0.05, 0.1) is 40.6 Å². The molecule has 0 aliphatic rings. The fraction of sp³-hybridized carbons (Fsp3) is 0.200. The Kier molecular flexibility index (Phi) is 13.0. The third-order valence-corrected chi connectivity index (χ3v) is 7.57. The number of benzene rings is 4. The van der Waals surface area contributed by atoms with Crippen LogP contribution in [-0.2, 0) is 13.1 Å². The number of hydrogen-bond acceptors (Lipinski definition) is 12. The number of anilines is 2. The van der Waals surface area contributed by atoms with Gasteiger partial charge in [-0.3, -0.25) is 0 Å². The van der Waals surface area contributed by atoms with E-state index in [1.165, 1.54) is 39.6 Å². The van der Waals surface area contributed by atoms with Gasteiger partial charge in [-0.2, -0.15) is 19.9 Å². The second kappa shape index (κ2) is 18.4. The van der Waals surface area contributed by atoms with Gasteiger partial charge in [0.2, 0.25) is 23.5 Å². The third-order valence-electron chi connectivity index (χ3n) is 7.57. The van der Waals surface area contributed by atoms with Gasteiger partial charge < -0.3 is 39.1 Å². The Morgan fingerprint density at radius 2 is 0.769 bits per heavy atom. The van der Waals surface area contributed by atoms with E-state index in [2.05, 4.69) is 92.9 Å². The summed E-state index contributed by atoms with van der Waals surface area (Å²) in [4.78, 5) is 16.8. The Labute approximate surface area is 303 Å². The first-order chi connectivity index (χ1) is 25.3. The Balaban J connectivity index is 0.000000201. The van der Waals surface area contributed by atoms with Crippen LogP contribution in [0.4, 0.5) is 11.4 Å². The lowest BCUT2D eigenvalue weighted by molar-refractivity contribution is 0.346. The molecule has 52 heavy (non-hydrogen) atoms. The van der Waals surface area contributed by atoms with Crippen LogP contribution in [0.15, 0.2) is 109 Å². The number of methoxy groups -OCH3 is 4. The molecule has 4 aromatic carbocycles. The molecule has 2 aromatic heterocycles. The summed E-state index contributed by atoms with van der Waals surface area (Å²) in [6.07, 6.45) is 0. The summed E-state index contributed by atoms with van der Waals surface area (Å²) in [7, 11) is 6.13. The number of hydrogen-bond donors (Lipinski definition) is 2. The van der Waals surface area contributed by atoms with E-state index in [-0.39, 0.29) is 12.0 Å². The highest BCUT2D eigenvalue weighted by atomic mass is 16.5. The van der Waals surface area contributed by atoms with E-state index >= 15 is 0 Å². The van der Waals surface area contributed by atoms with Gasteiger partial charge in [-0.25, -0.2) is 0 Å². The predicted molar refractivity (Wildman–Crippen MR) is 200 cm³/mol. The van der Waals surface area contributed by atoms with Crippen LogP contribution in [0.3, 0.4) is 0 Å². The molecule has 0 aliphatic heterocycles. The first-order valence-electron chi connectivity index (χ1n) is 16.4. The van der Waals surface area contributed by atoms with E-state index in [1.807, 2.05) is 48.5 Å². The van der Waals surface area contributed by atoms with Crippen molar-refractivity contribution in [3.63, 3.8) is 0 Å². The van der Waals surface area contributed by atoms with Crippen molar-refractivity contribution in [1.29, 1.82) is 0 Å². The molecule has 6 aromatic rings. The van der Waals surface area contributed by atoms with Crippen molar-refractivity contribution in [3.8, 4) is 47.0 Å². The monoisotopic (exact) mass is 702 g/mol. The van der Waals surface area contributed by atoms with Crippen molar-refractivity contribution in [2.75, 3.05) is 39.1 Å². The lowest BCUT2D eigenvalue weighted by atomic mass is 10.2. The molecular formula is C40H42N6O6. The fourth-order valence-corrected chi connectivity index (χ4v) is 4.71. The Morgan fingerprint density at radius 3 is 1.10 bits per heavy atom. The van der Waals surface area contributed by atoms with E-state index in [1.54, 1.807) is 12.1 Å². The van der Waals surface area contributed by atoms with Gasteiger partial charge >= 0.3 is 12.0 Å². The molecule has 0 saturated carbocycles. The zero-order valence-electron chi connectivity index (χ0n) is 30.0. The van der Waals surface area contributed by atoms with Crippen LogP contribution >= 0.6 is 0 Å². The quantitative estimate of drug-likeness (QED) is 0.113. The molecule has 2 heterocycles. The average Bonchev–Trinajstić information content (AvgIpc) is 3.18. The summed E-state index contributed by atoms with van der Waals surface area (Å²) in [6.45, 7) is 5.35. The van der Waals surface area contributed by atoms with E-state index in [4.69, 9.17) is 28.4 Å². The Bertz CT molecular complexity index is 1830. The van der Waals surface area contributed by atoms with E-state index < -0.39 is 0 Å². The topological polar surface area (TPSA) is 131 Å². The third kappa shape index (κ3) is 10.7. The number of nitrogens with one attached hydrogen (secondary N) is 2. The summed E-state index contributed by atoms with van der Waals surface area (Å²) in [5, 5.41) is 6.78. The lowest BCUT2D eigenvalue weighted by Gasteiger charge is -2.12.